The lowest BCUT2D eigenvalue weighted by Crippen LogP contribution is -2.41. The third kappa shape index (κ3) is 3.54. The predicted molar refractivity (Wildman–Crippen MR) is 90.4 cm³/mol. The van der Waals surface area contributed by atoms with Gasteiger partial charge in [0.1, 0.15) is 11.8 Å². The van der Waals surface area contributed by atoms with Crippen LogP contribution in [0.3, 0.4) is 0 Å². The van der Waals surface area contributed by atoms with Gasteiger partial charge in [-0.05, 0) is 48.9 Å². The van der Waals surface area contributed by atoms with Crippen molar-refractivity contribution in [1.82, 2.24) is 4.72 Å². The van der Waals surface area contributed by atoms with E-state index in [-0.39, 0.29) is 6.42 Å². The zero-order valence-corrected chi connectivity index (χ0v) is 14.6. The first kappa shape index (κ1) is 18.3. The molecule has 1 aliphatic rings. The van der Waals surface area contributed by atoms with Crippen LogP contribution < -0.4 is 14.4 Å². The molecule has 0 saturated carbocycles. The Morgan fingerprint density at radius 3 is 2.42 bits per heavy atom. The van der Waals surface area contributed by atoms with Gasteiger partial charge in [0.05, 0.1) is 12.0 Å². The van der Waals surface area contributed by atoms with E-state index in [0.29, 0.717) is 24.0 Å². The van der Waals surface area contributed by atoms with Crippen LogP contribution in [0, 0.1) is 11.6 Å². The third-order valence-corrected chi connectivity index (χ3v) is 5.56. The Labute approximate surface area is 149 Å². The molecule has 0 unspecified atom stereocenters. The number of sulfonamides is 1. The van der Waals surface area contributed by atoms with E-state index >= 15 is 0 Å². The lowest BCUT2D eigenvalue weighted by molar-refractivity contribution is -0.118. The maximum absolute atomic E-state index is 13.3. The number of ether oxygens (including phenoxy) is 1. The number of nitrogens with one attached hydrogen (secondary N) is 1. The molecule has 26 heavy (non-hydrogen) atoms. The van der Waals surface area contributed by atoms with Gasteiger partial charge in [0.25, 0.3) is 0 Å². The fourth-order valence-corrected chi connectivity index (χ4v) is 3.94. The van der Waals surface area contributed by atoms with E-state index in [4.69, 9.17) is 4.74 Å². The van der Waals surface area contributed by atoms with Crippen LogP contribution in [0.25, 0.3) is 0 Å². The smallest absolute Gasteiger partial charge is 0.245 e. The maximum atomic E-state index is 13.3. The van der Waals surface area contributed by atoms with E-state index in [1.54, 1.807) is 24.3 Å². The highest BCUT2D eigenvalue weighted by atomic mass is 32.2. The SMILES string of the molecule is COc1ccc(N2CC[C@H](NS(=O)(=O)c3ccc(F)c(F)c3)C2=O)cc1. The zero-order chi connectivity index (χ0) is 18.9. The van der Waals surface area contributed by atoms with E-state index in [9.17, 15) is 22.0 Å². The molecule has 1 amide bonds. The number of rotatable bonds is 5. The summed E-state index contributed by atoms with van der Waals surface area (Å²) >= 11 is 0. The average Bonchev–Trinajstić information content (AvgIpc) is 2.97. The van der Waals surface area contributed by atoms with Crippen LogP contribution in [-0.4, -0.2) is 34.0 Å². The number of benzene rings is 2. The normalized spacial score (nSPS) is 17.6. The molecule has 0 aromatic heterocycles. The number of amides is 1. The van der Waals surface area contributed by atoms with Gasteiger partial charge in [-0.25, -0.2) is 17.2 Å². The highest BCUT2D eigenvalue weighted by Gasteiger charge is 2.35. The van der Waals surface area contributed by atoms with E-state index < -0.39 is 38.5 Å². The minimum Gasteiger partial charge on any atom is -0.497 e. The highest BCUT2D eigenvalue weighted by molar-refractivity contribution is 7.89. The Bertz CT molecular complexity index is 932. The van der Waals surface area contributed by atoms with Gasteiger partial charge in [-0.2, -0.15) is 4.72 Å². The predicted octanol–water partition coefficient (Wildman–Crippen LogP) is 2.06. The summed E-state index contributed by atoms with van der Waals surface area (Å²) in [6.45, 7) is 0.329. The first-order valence-electron chi connectivity index (χ1n) is 7.74. The summed E-state index contributed by atoms with van der Waals surface area (Å²) in [5, 5.41) is 0. The Morgan fingerprint density at radius 2 is 1.81 bits per heavy atom. The maximum Gasteiger partial charge on any atom is 0.245 e. The molecular formula is C17H16F2N2O4S. The van der Waals surface area contributed by atoms with Gasteiger partial charge in [-0.15, -0.1) is 0 Å². The number of carbonyl (C=O) groups excluding carboxylic acids is 1. The summed E-state index contributed by atoms with van der Waals surface area (Å²) in [6.07, 6.45) is 0.258. The Morgan fingerprint density at radius 1 is 1.12 bits per heavy atom. The monoisotopic (exact) mass is 382 g/mol. The van der Waals surface area contributed by atoms with Gasteiger partial charge in [-0.3, -0.25) is 4.79 Å². The number of hydrogen-bond donors (Lipinski definition) is 1. The molecule has 1 heterocycles. The van der Waals surface area contributed by atoms with Crippen molar-refractivity contribution < 1.29 is 26.7 Å². The molecule has 3 rings (SSSR count). The molecule has 0 aliphatic carbocycles. The number of anilines is 1. The zero-order valence-electron chi connectivity index (χ0n) is 13.8. The van der Waals surface area contributed by atoms with E-state index in [2.05, 4.69) is 4.72 Å². The third-order valence-electron chi connectivity index (χ3n) is 4.09. The molecule has 0 bridgehead atoms. The molecule has 1 atom stereocenters. The molecule has 2 aromatic carbocycles. The molecule has 6 nitrogen and oxygen atoms in total. The highest BCUT2D eigenvalue weighted by Crippen LogP contribution is 2.25. The number of hydrogen-bond acceptors (Lipinski definition) is 4. The lowest BCUT2D eigenvalue weighted by atomic mass is 10.2. The summed E-state index contributed by atoms with van der Waals surface area (Å²) in [7, 11) is -2.63. The van der Waals surface area contributed by atoms with Crippen LogP contribution in [0.2, 0.25) is 0 Å². The molecule has 1 fully saturated rings. The van der Waals surface area contributed by atoms with Crippen LogP contribution in [0.5, 0.6) is 5.75 Å². The summed E-state index contributed by atoms with van der Waals surface area (Å²) < 4.78 is 58.3. The second-order valence-electron chi connectivity index (χ2n) is 5.73. The second kappa shape index (κ2) is 7.00. The van der Waals surface area contributed by atoms with E-state index in [1.165, 1.54) is 12.0 Å². The van der Waals surface area contributed by atoms with Crippen molar-refractivity contribution in [3.05, 3.63) is 54.1 Å². The molecule has 1 saturated heterocycles. The van der Waals surface area contributed by atoms with E-state index in [1.807, 2.05) is 0 Å². The summed E-state index contributed by atoms with van der Waals surface area (Å²) in [5.74, 6) is -2.20. The lowest BCUT2D eigenvalue weighted by Gasteiger charge is -2.17. The first-order chi connectivity index (χ1) is 12.3. The minimum atomic E-state index is -4.16. The Hall–Kier alpha value is -2.52. The molecule has 138 valence electrons. The van der Waals surface area contributed by atoms with Crippen LogP contribution >= 0.6 is 0 Å². The number of methoxy groups -OCH3 is 1. The quantitative estimate of drug-likeness (QED) is 0.859. The fraction of sp³-hybridized carbons (Fsp3) is 0.235. The number of carbonyl (C=O) groups is 1. The largest absolute Gasteiger partial charge is 0.497 e. The minimum absolute atomic E-state index is 0.258. The molecule has 1 aliphatic heterocycles. The van der Waals surface area contributed by atoms with Crippen molar-refractivity contribution >= 4 is 21.6 Å². The molecular weight excluding hydrogens is 366 g/mol. The standard InChI is InChI=1S/C17H16F2N2O4S/c1-25-12-4-2-11(3-5-12)21-9-8-16(17(21)22)20-26(23,24)13-6-7-14(18)15(19)10-13/h2-7,10,16,20H,8-9H2,1H3/t16-/m0/s1. The fourth-order valence-electron chi connectivity index (χ4n) is 2.71. The van der Waals surface area contributed by atoms with Crippen molar-refractivity contribution in [1.29, 1.82) is 0 Å². The second-order valence-corrected chi connectivity index (χ2v) is 7.44. The average molecular weight is 382 g/mol. The molecule has 0 radical (unpaired) electrons. The van der Waals surface area contributed by atoms with Gasteiger partial charge in [-0.1, -0.05) is 0 Å². The summed E-state index contributed by atoms with van der Waals surface area (Å²) in [5.41, 5.74) is 0.616. The number of halogens is 2. The summed E-state index contributed by atoms with van der Waals surface area (Å²) in [4.78, 5) is 13.5. The van der Waals surface area contributed by atoms with Crippen LogP contribution in [0.1, 0.15) is 6.42 Å². The molecule has 2 aromatic rings. The molecule has 9 heteroatoms. The van der Waals surface area contributed by atoms with Crippen molar-refractivity contribution in [3.63, 3.8) is 0 Å². The molecule has 0 spiro atoms. The van der Waals surface area contributed by atoms with Gasteiger partial charge in [0.2, 0.25) is 15.9 Å². The van der Waals surface area contributed by atoms with Crippen molar-refractivity contribution in [3.8, 4) is 5.75 Å². The Balaban J connectivity index is 1.76. The Kier molecular flexibility index (Phi) is 4.92. The van der Waals surface area contributed by atoms with E-state index in [0.717, 1.165) is 12.1 Å². The van der Waals surface area contributed by atoms with Gasteiger partial charge >= 0.3 is 0 Å². The van der Waals surface area contributed by atoms with Crippen LogP contribution in [0.15, 0.2) is 47.4 Å². The van der Waals surface area contributed by atoms with Crippen molar-refractivity contribution in [2.24, 2.45) is 0 Å². The van der Waals surface area contributed by atoms with Crippen LogP contribution in [0.4, 0.5) is 14.5 Å². The van der Waals surface area contributed by atoms with Gasteiger partial charge in [0, 0.05) is 12.2 Å². The van der Waals surface area contributed by atoms with Crippen molar-refractivity contribution in [2.75, 3.05) is 18.6 Å². The van der Waals surface area contributed by atoms with Crippen LogP contribution in [-0.2, 0) is 14.8 Å². The molecule has 1 N–H and O–H groups in total. The van der Waals surface area contributed by atoms with Crippen molar-refractivity contribution in [2.45, 2.75) is 17.4 Å². The topological polar surface area (TPSA) is 75.7 Å². The summed E-state index contributed by atoms with van der Waals surface area (Å²) in [6, 6.07) is 8.06. The van der Waals surface area contributed by atoms with Gasteiger partial charge in [0.15, 0.2) is 11.6 Å². The van der Waals surface area contributed by atoms with Gasteiger partial charge < -0.3 is 9.64 Å². The number of nitrogens with zero attached hydrogens (tertiary/aromatic N) is 1. The first-order valence-corrected chi connectivity index (χ1v) is 9.23.